The Bertz CT molecular complexity index is 1650. The van der Waals surface area contributed by atoms with Crippen molar-refractivity contribution in [1.29, 1.82) is 0 Å². The molecule has 0 radical (unpaired) electrons. The zero-order valence-corrected chi connectivity index (χ0v) is 28.1. The van der Waals surface area contributed by atoms with Gasteiger partial charge in [0.15, 0.2) is 0 Å². The van der Waals surface area contributed by atoms with E-state index in [4.69, 9.17) is 28.9 Å². The van der Waals surface area contributed by atoms with E-state index in [0.29, 0.717) is 22.9 Å². The minimum absolute atomic E-state index is 0.0353. The first-order valence-corrected chi connectivity index (χ1v) is 17.0. The van der Waals surface area contributed by atoms with Crippen LogP contribution in [0.15, 0.2) is 96.4 Å². The van der Waals surface area contributed by atoms with Gasteiger partial charge in [-0.2, -0.15) is 0 Å². The van der Waals surface area contributed by atoms with Crippen molar-refractivity contribution in [2.45, 2.75) is 37.8 Å². The van der Waals surface area contributed by atoms with E-state index in [0.717, 1.165) is 21.6 Å². The Kier molecular flexibility index (Phi) is 11.7. The number of thiophene rings is 1. The van der Waals surface area contributed by atoms with E-state index >= 15 is 0 Å². The third-order valence-corrected chi connectivity index (χ3v) is 9.79. The highest BCUT2D eigenvalue weighted by Crippen LogP contribution is 2.30. The maximum atomic E-state index is 14.1. The predicted molar refractivity (Wildman–Crippen MR) is 185 cm³/mol. The van der Waals surface area contributed by atoms with Crippen molar-refractivity contribution in [1.82, 2.24) is 14.7 Å². The Morgan fingerprint density at radius 3 is 2.19 bits per heavy atom. The molecule has 1 aromatic heterocycles. The van der Waals surface area contributed by atoms with Gasteiger partial charge in [-0.05, 0) is 53.1 Å². The number of piperazine rings is 1. The standard InChI is InChI=1S/C36H36Cl2N4O4S/c37-28-14-13-27(31(38)20-28)15-17-40-24-35(45)42(18-16-30(25-8-3-1-4-9-25)26-10-5-2-6-11-26)32(36(40)46)21-34(44)41(23-33(39)43)22-29-12-7-19-47-29/h1-14,19-20,30,32H,15-18,21-24H2,(H2,39,43). The van der Waals surface area contributed by atoms with E-state index in [1.165, 1.54) is 21.1 Å². The van der Waals surface area contributed by atoms with Crippen molar-refractivity contribution in [3.63, 3.8) is 0 Å². The summed E-state index contributed by atoms with van der Waals surface area (Å²) in [4.78, 5) is 59.0. The van der Waals surface area contributed by atoms with Crippen LogP contribution in [0.1, 0.15) is 40.3 Å². The minimum atomic E-state index is -1.05. The van der Waals surface area contributed by atoms with Crippen LogP contribution >= 0.6 is 34.5 Å². The van der Waals surface area contributed by atoms with Crippen LogP contribution in [0.4, 0.5) is 0 Å². The summed E-state index contributed by atoms with van der Waals surface area (Å²) in [7, 11) is 0. The van der Waals surface area contributed by atoms with E-state index in [9.17, 15) is 19.2 Å². The number of carbonyl (C=O) groups excluding carboxylic acids is 4. The Morgan fingerprint density at radius 2 is 1.60 bits per heavy atom. The second-order valence-corrected chi connectivity index (χ2v) is 13.4. The van der Waals surface area contributed by atoms with Gasteiger partial charge in [-0.25, -0.2) is 0 Å². The first kappa shape index (κ1) is 34.2. The van der Waals surface area contributed by atoms with Crippen LogP contribution in [0.3, 0.4) is 0 Å². The van der Waals surface area contributed by atoms with Crippen molar-refractivity contribution in [3.8, 4) is 0 Å². The van der Waals surface area contributed by atoms with Gasteiger partial charge in [-0.1, -0.05) is 96.0 Å². The van der Waals surface area contributed by atoms with Gasteiger partial charge >= 0.3 is 0 Å². The molecule has 2 heterocycles. The minimum Gasteiger partial charge on any atom is -0.368 e. The van der Waals surface area contributed by atoms with Crippen molar-refractivity contribution >= 4 is 58.2 Å². The number of rotatable bonds is 14. The molecule has 8 nitrogen and oxygen atoms in total. The van der Waals surface area contributed by atoms with Gasteiger partial charge in [0.1, 0.15) is 6.04 Å². The van der Waals surface area contributed by atoms with Gasteiger partial charge in [0.05, 0.1) is 26.1 Å². The summed E-state index contributed by atoms with van der Waals surface area (Å²) in [5.41, 5.74) is 8.49. The van der Waals surface area contributed by atoms with Crippen molar-refractivity contribution < 1.29 is 19.2 Å². The Hall–Kier alpha value is -4.18. The SMILES string of the molecule is NC(=O)CN(Cc1cccs1)C(=O)CC1C(=O)N(CCc2ccc(Cl)cc2Cl)CC(=O)N1CCC(c1ccccc1)c1ccccc1. The zero-order chi connectivity index (χ0) is 33.3. The lowest BCUT2D eigenvalue weighted by atomic mass is 9.88. The third-order valence-electron chi connectivity index (χ3n) is 8.34. The van der Waals surface area contributed by atoms with Gasteiger partial charge in [0.25, 0.3) is 0 Å². The summed E-state index contributed by atoms with van der Waals surface area (Å²) in [6.07, 6.45) is 0.674. The Morgan fingerprint density at radius 1 is 0.915 bits per heavy atom. The number of hydrogen-bond donors (Lipinski definition) is 1. The molecular weight excluding hydrogens is 655 g/mol. The highest BCUT2D eigenvalue weighted by Gasteiger charge is 2.41. The molecule has 4 aromatic rings. The molecule has 0 bridgehead atoms. The van der Waals surface area contributed by atoms with Crippen LogP contribution in [0, 0.1) is 0 Å². The molecule has 1 fully saturated rings. The second-order valence-electron chi connectivity index (χ2n) is 11.5. The summed E-state index contributed by atoms with van der Waals surface area (Å²) in [6, 6.07) is 27.9. The molecular formula is C36H36Cl2N4O4S. The smallest absolute Gasteiger partial charge is 0.246 e. The number of nitrogens with two attached hydrogens (primary N) is 1. The summed E-state index contributed by atoms with van der Waals surface area (Å²) in [6.45, 7) is 0.262. The molecule has 1 aliphatic rings. The Balaban J connectivity index is 1.40. The summed E-state index contributed by atoms with van der Waals surface area (Å²) < 4.78 is 0. The molecule has 47 heavy (non-hydrogen) atoms. The third kappa shape index (κ3) is 9.00. The highest BCUT2D eigenvalue weighted by atomic mass is 35.5. The average molecular weight is 692 g/mol. The molecule has 3 aromatic carbocycles. The molecule has 1 aliphatic heterocycles. The average Bonchev–Trinajstić information content (AvgIpc) is 3.57. The summed E-state index contributed by atoms with van der Waals surface area (Å²) in [5, 5.41) is 2.86. The second kappa shape index (κ2) is 16.1. The number of halogens is 2. The van der Waals surface area contributed by atoms with Gasteiger partial charge in [-0.3, -0.25) is 19.2 Å². The quantitative estimate of drug-likeness (QED) is 0.182. The lowest BCUT2D eigenvalue weighted by Gasteiger charge is -2.41. The highest BCUT2D eigenvalue weighted by molar-refractivity contribution is 7.09. The molecule has 1 saturated heterocycles. The number of carbonyl (C=O) groups is 4. The van der Waals surface area contributed by atoms with Crippen LogP contribution in [-0.4, -0.2) is 70.5 Å². The number of hydrogen-bond acceptors (Lipinski definition) is 5. The van der Waals surface area contributed by atoms with Gasteiger partial charge in [0.2, 0.25) is 23.6 Å². The molecule has 0 aliphatic carbocycles. The zero-order valence-electron chi connectivity index (χ0n) is 25.8. The lowest BCUT2D eigenvalue weighted by molar-refractivity contribution is -0.158. The van der Waals surface area contributed by atoms with Gasteiger partial charge in [-0.15, -0.1) is 11.3 Å². The molecule has 4 amide bonds. The van der Waals surface area contributed by atoms with Crippen LogP contribution in [0.5, 0.6) is 0 Å². The molecule has 0 saturated carbocycles. The van der Waals surface area contributed by atoms with Crippen molar-refractivity contribution in [2.75, 3.05) is 26.2 Å². The fourth-order valence-corrected chi connectivity index (χ4v) is 7.19. The van der Waals surface area contributed by atoms with Crippen LogP contribution in [-0.2, 0) is 32.1 Å². The molecule has 11 heteroatoms. The number of nitrogens with zero attached hydrogens (tertiary/aromatic N) is 3. The van der Waals surface area contributed by atoms with Gasteiger partial charge in [0, 0.05) is 33.9 Å². The Labute approximate surface area is 288 Å². The molecule has 5 rings (SSSR count). The molecule has 0 spiro atoms. The molecule has 1 atom stereocenters. The first-order valence-electron chi connectivity index (χ1n) is 15.4. The molecule has 2 N–H and O–H groups in total. The van der Waals surface area contributed by atoms with Crippen LogP contribution in [0.25, 0.3) is 0 Å². The number of benzene rings is 3. The van der Waals surface area contributed by atoms with E-state index in [2.05, 4.69) is 24.3 Å². The monoisotopic (exact) mass is 690 g/mol. The maximum Gasteiger partial charge on any atom is 0.246 e. The summed E-state index contributed by atoms with van der Waals surface area (Å²) in [5.74, 6) is -1.70. The van der Waals surface area contributed by atoms with E-state index in [1.807, 2.05) is 53.9 Å². The van der Waals surface area contributed by atoms with Crippen LogP contribution < -0.4 is 5.73 Å². The number of primary amides is 1. The van der Waals surface area contributed by atoms with Crippen LogP contribution in [0.2, 0.25) is 10.0 Å². The number of amides is 4. The van der Waals surface area contributed by atoms with E-state index in [1.54, 1.807) is 23.1 Å². The topological polar surface area (TPSA) is 104 Å². The summed E-state index contributed by atoms with van der Waals surface area (Å²) >= 11 is 13.9. The largest absolute Gasteiger partial charge is 0.368 e. The normalized spacial score (nSPS) is 14.9. The molecule has 244 valence electrons. The lowest BCUT2D eigenvalue weighted by Crippen LogP contribution is -2.61. The first-order chi connectivity index (χ1) is 22.7. The van der Waals surface area contributed by atoms with Crippen molar-refractivity contribution in [3.05, 3.63) is 128 Å². The molecule has 1 unspecified atom stereocenters. The van der Waals surface area contributed by atoms with E-state index < -0.39 is 17.9 Å². The van der Waals surface area contributed by atoms with Gasteiger partial charge < -0.3 is 20.4 Å². The fraction of sp³-hybridized carbons (Fsp3) is 0.278. The fourth-order valence-electron chi connectivity index (χ4n) is 5.97. The van der Waals surface area contributed by atoms with E-state index in [-0.39, 0.29) is 56.9 Å². The predicted octanol–water partition coefficient (Wildman–Crippen LogP) is 5.76. The van der Waals surface area contributed by atoms with Crippen molar-refractivity contribution in [2.24, 2.45) is 5.73 Å². The maximum absolute atomic E-state index is 14.1.